The summed E-state index contributed by atoms with van der Waals surface area (Å²) in [5.41, 5.74) is -1.42. The normalized spacial score (nSPS) is 33.4. The van der Waals surface area contributed by atoms with Crippen molar-refractivity contribution in [3.63, 3.8) is 0 Å². The fourth-order valence-electron chi connectivity index (χ4n) is 3.32. The minimum absolute atomic E-state index is 0.0365. The molecule has 1 heterocycles. The molecule has 2 rings (SSSR count). The lowest BCUT2D eigenvalue weighted by atomic mass is 9.77. The molecule has 2 fully saturated rings. The smallest absolute Gasteiger partial charge is 0.303 e. The van der Waals surface area contributed by atoms with Crippen LogP contribution in [0.5, 0.6) is 0 Å². The van der Waals surface area contributed by atoms with E-state index in [1.807, 2.05) is 0 Å². The zero-order chi connectivity index (χ0) is 21.2. The number of carbonyl (C=O) groups excluding carboxylic acids is 5. The van der Waals surface area contributed by atoms with Crippen molar-refractivity contribution in [3.8, 4) is 0 Å². The Morgan fingerprint density at radius 1 is 0.607 bits per heavy atom. The van der Waals surface area contributed by atoms with Gasteiger partial charge in [0, 0.05) is 34.6 Å². The Balaban J connectivity index is 2.57. The van der Waals surface area contributed by atoms with Gasteiger partial charge in [0.2, 0.25) is 0 Å². The molecule has 156 valence electrons. The summed E-state index contributed by atoms with van der Waals surface area (Å²) in [4.78, 5) is 58.3. The summed E-state index contributed by atoms with van der Waals surface area (Å²) in [5, 5.41) is 0. The van der Waals surface area contributed by atoms with Gasteiger partial charge in [0.1, 0.15) is 0 Å². The van der Waals surface area contributed by atoms with E-state index >= 15 is 0 Å². The molecule has 2 aliphatic rings. The van der Waals surface area contributed by atoms with Crippen LogP contribution in [0.4, 0.5) is 0 Å². The second kappa shape index (κ2) is 8.13. The molecular weight excluding hydrogens is 380 g/mol. The van der Waals surface area contributed by atoms with Gasteiger partial charge in [0.05, 0.1) is 6.61 Å². The van der Waals surface area contributed by atoms with E-state index in [2.05, 4.69) is 0 Å². The maximum atomic E-state index is 11.7. The molecule has 1 aliphatic carbocycles. The predicted octanol–water partition coefficient (Wildman–Crippen LogP) is -0.572. The molecule has 0 aromatic rings. The molecule has 0 aromatic carbocycles. The van der Waals surface area contributed by atoms with Crippen LogP contribution in [0.1, 0.15) is 34.6 Å². The Hall–Kier alpha value is -2.69. The Labute approximate surface area is 160 Å². The summed E-state index contributed by atoms with van der Waals surface area (Å²) in [6.07, 6.45) is -6.66. The molecule has 0 aromatic heterocycles. The fourth-order valence-corrected chi connectivity index (χ4v) is 3.32. The highest BCUT2D eigenvalue weighted by atomic mass is 16.7. The van der Waals surface area contributed by atoms with Crippen LogP contribution < -0.4 is 0 Å². The van der Waals surface area contributed by atoms with Crippen LogP contribution in [-0.2, 0) is 52.4 Å². The van der Waals surface area contributed by atoms with Gasteiger partial charge in [0.25, 0.3) is 0 Å². The van der Waals surface area contributed by atoms with Gasteiger partial charge in [-0.1, -0.05) is 0 Å². The number of hydrogen-bond donors (Lipinski definition) is 0. The summed E-state index contributed by atoms with van der Waals surface area (Å²) < 4.78 is 31.8. The van der Waals surface area contributed by atoms with Crippen LogP contribution >= 0.6 is 0 Å². The van der Waals surface area contributed by atoms with Gasteiger partial charge in [-0.2, -0.15) is 0 Å². The molecule has 28 heavy (non-hydrogen) atoms. The minimum atomic E-state index is -1.42. The van der Waals surface area contributed by atoms with Gasteiger partial charge < -0.3 is 28.4 Å². The highest BCUT2D eigenvalue weighted by molar-refractivity contribution is 5.70. The van der Waals surface area contributed by atoms with E-state index in [4.69, 9.17) is 28.4 Å². The minimum Gasteiger partial charge on any atom is -0.455 e. The first-order valence-corrected chi connectivity index (χ1v) is 8.48. The molecule has 4 atom stereocenters. The number of hydrogen-bond acceptors (Lipinski definition) is 11. The topological polar surface area (TPSA) is 144 Å². The summed E-state index contributed by atoms with van der Waals surface area (Å²) >= 11 is 0. The van der Waals surface area contributed by atoms with Crippen molar-refractivity contribution < 1.29 is 52.4 Å². The van der Waals surface area contributed by atoms with Gasteiger partial charge in [-0.15, -0.1) is 0 Å². The molecule has 0 N–H and O–H groups in total. The second-order valence-electron chi connectivity index (χ2n) is 6.53. The molecule has 1 saturated heterocycles. The highest BCUT2D eigenvalue weighted by Gasteiger charge is 2.73. The van der Waals surface area contributed by atoms with E-state index in [-0.39, 0.29) is 6.61 Å². The van der Waals surface area contributed by atoms with E-state index in [1.54, 1.807) is 0 Å². The molecule has 0 bridgehead atoms. The predicted molar refractivity (Wildman–Crippen MR) is 86.5 cm³/mol. The van der Waals surface area contributed by atoms with Gasteiger partial charge in [-0.05, 0) is 0 Å². The highest BCUT2D eigenvalue weighted by Crippen LogP contribution is 2.48. The molecule has 1 saturated carbocycles. The molecule has 1 spiro atoms. The largest absolute Gasteiger partial charge is 0.455 e. The summed E-state index contributed by atoms with van der Waals surface area (Å²) in [6, 6.07) is 0. The van der Waals surface area contributed by atoms with Crippen molar-refractivity contribution in [1.29, 1.82) is 0 Å². The van der Waals surface area contributed by atoms with Crippen LogP contribution in [0, 0.1) is 0 Å². The second-order valence-corrected chi connectivity index (χ2v) is 6.53. The average molecular weight is 402 g/mol. The van der Waals surface area contributed by atoms with Crippen LogP contribution in [0.3, 0.4) is 0 Å². The molecule has 0 unspecified atom stereocenters. The number of carbonyl (C=O) groups is 5. The molecule has 1 aliphatic heterocycles. The lowest BCUT2D eigenvalue weighted by molar-refractivity contribution is -0.247. The summed E-state index contributed by atoms with van der Waals surface area (Å²) in [5.74, 6) is -3.77. The summed E-state index contributed by atoms with van der Waals surface area (Å²) in [6.45, 7) is 5.52. The zero-order valence-electron chi connectivity index (χ0n) is 16.1. The molecule has 11 nitrogen and oxygen atoms in total. The number of ether oxygens (including phenoxy) is 6. The van der Waals surface area contributed by atoms with Crippen molar-refractivity contribution in [2.45, 2.75) is 70.7 Å². The number of rotatable bonds is 5. The van der Waals surface area contributed by atoms with Gasteiger partial charge in [-0.25, -0.2) is 0 Å². The zero-order valence-corrected chi connectivity index (χ0v) is 16.1. The van der Waals surface area contributed by atoms with Crippen LogP contribution in [0.2, 0.25) is 0 Å². The first-order chi connectivity index (χ1) is 13.0. The van der Waals surface area contributed by atoms with E-state index in [0.29, 0.717) is 0 Å². The van der Waals surface area contributed by atoms with E-state index in [0.717, 1.165) is 34.6 Å². The first-order valence-electron chi connectivity index (χ1n) is 8.48. The third kappa shape index (κ3) is 4.58. The molecular formula is C17H22O11. The lowest BCUT2D eigenvalue weighted by Gasteiger charge is -2.46. The SMILES string of the molecule is CC(=O)OC1[C@@H](OC(C)=O)[C@@H](OC(C)=O)C2(CO2)[C@H](OC(C)=O)[C@@H]1OC(C)=O. The average Bonchev–Trinajstić information content (AvgIpc) is 3.31. The van der Waals surface area contributed by atoms with Crippen molar-refractivity contribution in [2.75, 3.05) is 6.61 Å². The Bertz CT molecular complexity index is 635. The van der Waals surface area contributed by atoms with Crippen molar-refractivity contribution in [1.82, 2.24) is 0 Å². The van der Waals surface area contributed by atoms with Gasteiger partial charge in [-0.3, -0.25) is 24.0 Å². The van der Waals surface area contributed by atoms with Crippen LogP contribution in [-0.4, -0.2) is 72.6 Å². The van der Waals surface area contributed by atoms with Crippen LogP contribution in [0.25, 0.3) is 0 Å². The van der Waals surface area contributed by atoms with E-state index in [1.165, 1.54) is 0 Å². The maximum absolute atomic E-state index is 11.7. The Kier molecular flexibility index (Phi) is 6.27. The Morgan fingerprint density at radius 2 is 0.893 bits per heavy atom. The molecule has 0 amide bonds. The van der Waals surface area contributed by atoms with Crippen molar-refractivity contribution in [3.05, 3.63) is 0 Å². The fraction of sp³-hybridized carbons (Fsp3) is 0.706. The quantitative estimate of drug-likeness (QED) is 0.331. The molecule has 0 radical (unpaired) electrons. The Morgan fingerprint density at radius 3 is 1.14 bits per heavy atom. The van der Waals surface area contributed by atoms with Gasteiger partial charge >= 0.3 is 29.8 Å². The number of esters is 5. The molecule has 11 heteroatoms. The third-order valence-corrected chi connectivity index (χ3v) is 4.18. The van der Waals surface area contributed by atoms with Crippen molar-refractivity contribution in [2.24, 2.45) is 0 Å². The van der Waals surface area contributed by atoms with E-state index in [9.17, 15) is 24.0 Å². The monoisotopic (exact) mass is 402 g/mol. The standard InChI is InChI=1S/C17H22O11/c1-7(18)24-12-13(25-8(2)19)15(27-10(4)21)17(6-23-17)16(28-11(5)22)14(12)26-9(3)20/h12-16H,6H2,1-5H3/t12?,13-,14-,15-,16-,17?/m1/s1. The maximum Gasteiger partial charge on any atom is 0.303 e. The van der Waals surface area contributed by atoms with Crippen LogP contribution in [0.15, 0.2) is 0 Å². The third-order valence-electron chi connectivity index (χ3n) is 4.18. The first kappa shape index (κ1) is 21.6. The van der Waals surface area contributed by atoms with E-state index < -0.39 is 66.0 Å². The number of epoxide rings is 1. The lowest BCUT2D eigenvalue weighted by Crippen LogP contribution is -2.70. The van der Waals surface area contributed by atoms with Gasteiger partial charge in [0.15, 0.2) is 36.1 Å². The summed E-state index contributed by atoms with van der Waals surface area (Å²) in [7, 11) is 0. The van der Waals surface area contributed by atoms with Crippen molar-refractivity contribution >= 4 is 29.8 Å².